The molecule has 0 radical (unpaired) electrons. The van der Waals surface area contributed by atoms with Crippen molar-refractivity contribution in [2.24, 2.45) is 0 Å². The summed E-state index contributed by atoms with van der Waals surface area (Å²) < 4.78 is 1.61. The molecule has 0 aliphatic rings. The number of benzene rings is 1. The van der Waals surface area contributed by atoms with Crippen molar-refractivity contribution in [2.45, 2.75) is 13.5 Å². The lowest BCUT2D eigenvalue weighted by atomic mass is 10.1. The molecule has 0 bridgehead atoms. The molecule has 0 aliphatic carbocycles. The molecule has 0 unspecified atom stereocenters. The zero-order valence-corrected chi connectivity index (χ0v) is 9.61. The maximum Gasteiger partial charge on any atom is 0.184 e. The molecular formula is C12H11ClN2O. The Morgan fingerprint density at radius 2 is 2.06 bits per heavy atom. The Labute approximate surface area is 98.7 Å². The van der Waals surface area contributed by atoms with Crippen LogP contribution in [-0.2, 0) is 6.54 Å². The van der Waals surface area contributed by atoms with Crippen molar-refractivity contribution in [3.8, 4) is 0 Å². The van der Waals surface area contributed by atoms with Gasteiger partial charge in [0.2, 0.25) is 0 Å². The van der Waals surface area contributed by atoms with E-state index < -0.39 is 0 Å². The van der Waals surface area contributed by atoms with Gasteiger partial charge in [-0.05, 0) is 6.92 Å². The lowest BCUT2D eigenvalue weighted by molar-refractivity contribution is 0.0967. The summed E-state index contributed by atoms with van der Waals surface area (Å²) in [6, 6.07) is 9.16. The Balaban J connectivity index is 2.17. The second kappa shape index (κ2) is 4.49. The first-order valence-electron chi connectivity index (χ1n) is 4.94. The topological polar surface area (TPSA) is 34.9 Å². The fourth-order valence-corrected chi connectivity index (χ4v) is 1.58. The quantitative estimate of drug-likeness (QED) is 0.766. The Bertz CT molecular complexity index is 505. The Hall–Kier alpha value is -1.61. The third kappa shape index (κ3) is 2.14. The van der Waals surface area contributed by atoms with Gasteiger partial charge in [0.25, 0.3) is 0 Å². The fourth-order valence-electron chi connectivity index (χ4n) is 1.43. The highest BCUT2D eigenvalue weighted by atomic mass is 35.5. The Morgan fingerprint density at radius 3 is 2.62 bits per heavy atom. The molecule has 2 aromatic rings. The smallest absolute Gasteiger partial charge is 0.184 e. The van der Waals surface area contributed by atoms with Crippen LogP contribution in [0.2, 0.25) is 5.02 Å². The number of ketones is 1. The van der Waals surface area contributed by atoms with Crippen LogP contribution in [0.1, 0.15) is 16.1 Å². The van der Waals surface area contributed by atoms with Crippen LogP contribution in [0.5, 0.6) is 0 Å². The number of hydrogen-bond donors (Lipinski definition) is 0. The van der Waals surface area contributed by atoms with Crippen molar-refractivity contribution in [2.75, 3.05) is 0 Å². The number of hydrogen-bond acceptors (Lipinski definition) is 2. The van der Waals surface area contributed by atoms with Crippen LogP contribution in [-0.4, -0.2) is 15.6 Å². The zero-order chi connectivity index (χ0) is 11.5. The minimum atomic E-state index is 0.0310. The Kier molecular flexibility index (Phi) is 3.06. The average Bonchev–Trinajstić information content (AvgIpc) is 2.62. The molecule has 0 aliphatic heterocycles. The van der Waals surface area contributed by atoms with Gasteiger partial charge in [0, 0.05) is 5.56 Å². The van der Waals surface area contributed by atoms with Gasteiger partial charge in [-0.3, -0.25) is 9.48 Å². The molecule has 0 amide bonds. The van der Waals surface area contributed by atoms with Crippen LogP contribution in [0.15, 0.2) is 36.5 Å². The van der Waals surface area contributed by atoms with E-state index in [2.05, 4.69) is 5.10 Å². The second-order valence-electron chi connectivity index (χ2n) is 3.52. The average molecular weight is 235 g/mol. The van der Waals surface area contributed by atoms with Crippen molar-refractivity contribution in [1.29, 1.82) is 0 Å². The van der Waals surface area contributed by atoms with Gasteiger partial charge in [-0.1, -0.05) is 41.9 Å². The molecule has 1 aromatic carbocycles. The highest BCUT2D eigenvalue weighted by Crippen LogP contribution is 2.13. The first-order valence-corrected chi connectivity index (χ1v) is 5.32. The van der Waals surface area contributed by atoms with E-state index in [1.54, 1.807) is 23.0 Å². The van der Waals surface area contributed by atoms with Gasteiger partial charge < -0.3 is 0 Å². The molecule has 0 N–H and O–H groups in total. The zero-order valence-electron chi connectivity index (χ0n) is 8.85. The van der Waals surface area contributed by atoms with Gasteiger partial charge in [-0.25, -0.2) is 0 Å². The van der Waals surface area contributed by atoms with E-state index in [4.69, 9.17) is 11.6 Å². The number of Topliss-reactive ketones (excluding diaryl/α,β-unsaturated/α-hetero) is 1. The standard InChI is InChI=1S/C12H11ClN2O/c1-9-11(13)7-14-15(9)8-12(16)10-5-3-2-4-6-10/h2-7H,8H2,1H3. The molecule has 0 spiro atoms. The molecule has 1 aromatic heterocycles. The molecular weight excluding hydrogens is 224 g/mol. The summed E-state index contributed by atoms with van der Waals surface area (Å²) in [5.74, 6) is 0.0310. The summed E-state index contributed by atoms with van der Waals surface area (Å²) in [6.45, 7) is 2.07. The van der Waals surface area contributed by atoms with Crippen molar-refractivity contribution in [3.05, 3.63) is 52.8 Å². The molecule has 3 nitrogen and oxygen atoms in total. The number of halogens is 1. The molecule has 82 valence electrons. The van der Waals surface area contributed by atoms with Crippen LogP contribution in [0.4, 0.5) is 0 Å². The second-order valence-corrected chi connectivity index (χ2v) is 3.93. The monoisotopic (exact) mass is 234 g/mol. The van der Waals surface area contributed by atoms with E-state index in [-0.39, 0.29) is 12.3 Å². The van der Waals surface area contributed by atoms with Gasteiger partial charge in [-0.2, -0.15) is 5.10 Å². The van der Waals surface area contributed by atoms with E-state index in [0.717, 1.165) is 5.69 Å². The van der Waals surface area contributed by atoms with Gasteiger partial charge in [0.15, 0.2) is 5.78 Å². The van der Waals surface area contributed by atoms with Gasteiger partial charge in [0.1, 0.15) is 6.54 Å². The summed E-state index contributed by atoms with van der Waals surface area (Å²) in [7, 11) is 0. The Morgan fingerprint density at radius 1 is 1.38 bits per heavy atom. The third-order valence-electron chi connectivity index (χ3n) is 2.43. The van der Waals surface area contributed by atoms with E-state index in [0.29, 0.717) is 10.6 Å². The van der Waals surface area contributed by atoms with Crippen molar-refractivity contribution < 1.29 is 4.79 Å². The first kappa shape index (κ1) is 10.9. The van der Waals surface area contributed by atoms with Crippen LogP contribution in [0.3, 0.4) is 0 Å². The third-order valence-corrected chi connectivity index (χ3v) is 2.80. The number of carbonyl (C=O) groups excluding carboxylic acids is 1. The summed E-state index contributed by atoms with van der Waals surface area (Å²) in [4.78, 5) is 11.9. The number of carbonyl (C=O) groups is 1. The molecule has 16 heavy (non-hydrogen) atoms. The van der Waals surface area contributed by atoms with Crippen LogP contribution in [0, 0.1) is 6.92 Å². The highest BCUT2D eigenvalue weighted by molar-refractivity contribution is 6.31. The van der Waals surface area contributed by atoms with Gasteiger partial charge in [-0.15, -0.1) is 0 Å². The van der Waals surface area contributed by atoms with Crippen LogP contribution in [0.25, 0.3) is 0 Å². The SMILES string of the molecule is Cc1c(Cl)cnn1CC(=O)c1ccccc1. The van der Waals surface area contributed by atoms with Crippen molar-refractivity contribution in [3.63, 3.8) is 0 Å². The highest BCUT2D eigenvalue weighted by Gasteiger charge is 2.10. The van der Waals surface area contributed by atoms with E-state index in [1.165, 1.54) is 0 Å². The maximum atomic E-state index is 11.9. The molecule has 0 saturated heterocycles. The molecule has 0 fully saturated rings. The lowest BCUT2D eigenvalue weighted by Gasteiger charge is -2.03. The fraction of sp³-hybridized carbons (Fsp3) is 0.167. The minimum absolute atomic E-state index is 0.0310. The lowest BCUT2D eigenvalue weighted by Crippen LogP contribution is -2.12. The number of rotatable bonds is 3. The molecule has 0 saturated carbocycles. The normalized spacial score (nSPS) is 10.4. The molecule has 0 atom stereocenters. The van der Waals surface area contributed by atoms with E-state index in [9.17, 15) is 4.79 Å². The predicted molar refractivity (Wildman–Crippen MR) is 62.7 cm³/mol. The summed E-state index contributed by atoms with van der Waals surface area (Å²) in [5, 5.41) is 4.63. The summed E-state index contributed by atoms with van der Waals surface area (Å²) >= 11 is 5.86. The largest absolute Gasteiger partial charge is 0.292 e. The predicted octanol–water partition coefficient (Wildman–Crippen LogP) is 2.73. The summed E-state index contributed by atoms with van der Waals surface area (Å²) in [5.41, 5.74) is 1.50. The van der Waals surface area contributed by atoms with E-state index >= 15 is 0 Å². The minimum Gasteiger partial charge on any atom is -0.292 e. The molecule has 2 rings (SSSR count). The van der Waals surface area contributed by atoms with Crippen LogP contribution < -0.4 is 0 Å². The summed E-state index contributed by atoms with van der Waals surface area (Å²) in [6.07, 6.45) is 1.55. The maximum absolute atomic E-state index is 11.9. The van der Waals surface area contributed by atoms with E-state index in [1.807, 2.05) is 25.1 Å². The van der Waals surface area contributed by atoms with Crippen molar-refractivity contribution in [1.82, 2.24) is 9.78 Å². The van der Waals surface area contributed by atoms with Gasteiger partial charge >= 0.3 is 0 Å². The van der Waals surface area contributed by atoms with Crippen molar-refractivity contribution >= 4 is 17.4 Å². The van der Waals surface area contributed by atoms with Gasteiger partial charge in [0.05, 0.1) is 16.9 Å². The number of nitrogens with zero attached hydrogens (tertiary/aromatic N) is 2. The molecule has 4 heteroatoms. The number of aromatic nitrogens is 2. The van der Waals surface area contributed by atoms with Crippen LogP contribution >= 0.6 is 11.6 Å². The first-order chi connectivity index (χ1) is 7.68. The molecule has 1 heterocycles.